The number of ether oxygens (including phenoxy) is 3. The molecule has 0 spiro atoms. The highest BCUT2D eigenvalue weighted by atomic mass is 35.5. The van der Waals surface area contributed by atoms with E-state index in [1.54, 1.807) is 50.1 Å². The molecular weight excluding hydrogens is 423 g/mol. The Kier molecular flexibility index (Phi) is 5.01. The second-order valence-corrected chi connectivity index (χ2v) is 7.46. The van der Waals surface area contributed by atoms with Gasteiger partial charge in [-0.25, -0.2) is 0 Å². The third-order valence-electron chi connectivity index (χ3n) is 4.08. The maximum absolute atomic E-state index is 6.32. The number of hydrogen-bond donors (Lipinski definition) is 0. The molecule has 0 unspecified atom stereocenters. The molecule has 0 saturated heterocycles. The molecule has 0 radical (unpaired) electrons. The van der Waals surface area contributed by atoms with Gasteiger partial charge in [-0.1, -0.05) is 34.5 Å². The van der Waals surface area contributed by atoms with Gasteiger partial charge in [0.1, 0.15) is 5.01 Å². The standard InChI is InChI=1S/C18H14Cl2N4O3S/c1-25-13-6-9(7-14(26-2)15(13)27-3)16-21-22-18-24(16)23-17(28-18)11-5-4-10(19)8-12(11)20/h4-8H,1-3H3. The fourth-order valence-electron chi connectivity index (χ4n) is 2.78. The molecule has 4 aromatic rings. The molecule has 10 heteroatoms. The minimum Gasteiger partial charge on any atom is -0.493 e. The molecular formula is C18H14Cl2N4O3S. The molecule has 0 aliphatic heterocycles. The Morgan fingerprint density at radius 3 is 2.25 bits per heavy atom. The number of fused-ring (bicyclic) bond motifs is 1. The van der Waals surface area contributed by atoms with Crippen molar-refractivity contribution in [2.45, 2.75) is 0 Å². The fourth-order valence-corrected chi connectivity index (χ4v) is 4.21. The van der Waals surface area contributed by atoms with E-state index < -0.39 is 0 Å². The third-order valence-corrected chi connectivity index (χ3v) is 5.56. The van der Waals surface area contributed by atoms with E-state index in [1.807, 2.05) is 6.07 Å². The summed E-state index contributed by atoms with van der Waals surface area (Å²) in [5.41, 5.74) is 1.50. The summed E-state index contributed by atoms with van der Waals surface area (Å²) in [7, 11) is 4.67. The van der Waals surface area contributed by atoms with Crippen LogP contribution in [0.4, 0.5) is 0 Å². The van der Waals surface area contributed by atoms with Crippen molar-refractivity contribution < 1.29 is 14.2 Å². The zero-order valence-electron chi connectivity index (χ0n) is 15.1. The number of aromatic nitrogens is 4. The summed E-state index contributed by atoms with van der Waals surface area (Å²) in [6.07, 6.45) is 0. The van der Waals surface area contributed by atoms with Crippen LogP contribution in [0.2, 0.25) is 10.0 Å². The third kappa shape index (κ3) is 3.13. The molecule has 0 fully saturated rings. The van der Waals surface area contributed by atoms with E-state index in [0.717, 1.165) is 11.1 Å². The van der Waals surface area contributed by atoms with Crippen LogP contribution in [0, 0.1) is 0 Å². The predicted octanol–water partition coefficient (Wildman–Crippen LogP) is 4.85. The van der Waals surface area contributed by atoms with Gasteiger partial charge in [-0.3, -0.25) is 0 Å². The number of nitrogens with zero attached hydrogens (tertiary/aromatic N) is 4. The lowest BCUT2D eigenvalue weighted by Crippen LogP contribution is -1.97. The molecule has 2 aromatic carbocycles. The van der Waals surface area contributed by atoms with Crippen molar-refractivity contribution in [2.24, 2.45) is 0 Å². The molecule has 28 heavy (non-hydrogen) atoms. The zero-order valence-corrected chi connectivity index (χ0v) is 17.4. The molecule has 4 rings (SSSR count). The smallest absolute Gasteiger partial charge is 0.235 e. The maximum Gasteiger partial charge on any atom is 0.235 e. The van der Waals surface area contributed by atoms with Gasteiger partial charge in [0.2, 0.25) is 10.7 Å². The average molecular weight is 437 g/mol. The van der Waals surface area contributed by atoms with Crippen molar-refractivity contribution >= 4 is 39.5 Å². The Balaban J connectivity index is 1.85. The second-order valence-electron chi connectivity index (χ2n) is 5.66. The van der Waals surface area contributed by atoms with Gasteiger partial charge in [0, 0.05) is 16.1 Å². The zero-order chi connectivity index (χ0) is 19.8. The number of halogens is 2. The Morgan fingerprint density at radius 1 is 0.929 bits per heavy atom. The van der Waals surface area contributed by atoms with Gasteiger partial charge in [0.25, 0.3) is 0 Å². The lowest BCUT2D eigenvalue weighted by Gasteiger charge is -2.13. The van der Waals surface area contributed by atoms with E-state index in [2.05, 4.69) is 15.3 Å². The molecule has 7 nitrogen and oxygen atoms in total. The predicted molar refractivity (Wildman–Crippen MR) is 109 cm³/mol. The van der Waals surface area contributed by atoms with Crippen LogP contribution in [-0.2, 0) is 0 Å². The molecule has 0 N–H and O–H groups in total. The lowest BCUT2D eigenvalue weighted by molar-refractivity contribution is 0.324. The highest BCUT2D eigenvalue weighted by Gasteiger charge is 2.20. The number of benzene rings is 2. The molecule has 2 aromatic heterocycles. The van der Waals surface area contributed by atoms with Gasteiger partial charge >= 0.3 is 0 Å². The summed E-state index contributed by atoms with van der Waals surface area (Å²) >= 11 is 13.7. The van der Waals surface area contributed by atoms with Crippen molar-refractivity contribution in [2.75, 3.05) is 21.3 Å². The summed E-state index contributed by atoms with van der Waals surface area (Å²) in [4.78, 5) is 0.629. The highest BCUT2D eigenvalue weighted by molar-refractivity contribution is 7.19. The lowest BCUT2D eigenvalue weighted by atomic mass is 10.1. The summed E-state index contributed by atoms with van der Waals surface area (Å²) in [5.74, 6) is 2.08. The van der Waals surface area contributed by atoms with E-state index in [0.29, 0.717) is 43.1 Å². The number of methoxy groups -OCH3 is 3. The Morgan fingerprint density at radius 2 is 1.64 bits per heavy atom. The topological polar surface area (TPSA) is 70.8 Å². The molecule has 0 atom stereocenters. The minimum atomic E-state index is 0.501. The average Bonchev–Trinajstić information content (AvgIpc) is 3.27. The fraction of sp³-hybridized carbons (Fsp3) is 0.167. The van der Waals surface area contributed by atoms with Crippen LogP contribution in [0.15, 0.2) is 30.3 Å². The molecule has 0 bridgehead atoms. The van der Waals surface area contributed by atoms with Crippen molar-refractivity contribution in [1.82, 2.24) is 19.8 Å². The van der Waals surface area contributed by atoms with E-state index in [9.17, 15) is 0 Å². The first-order chi connectivity index (χ1) is 13.5. The van der Waals surface area contributed by atoms with Crippen LogP contribution >= 0.6 is 34.5 Å². The minimum absolute atomic E-state index is 0.501. The van der Waals surface area contributed by atoms with Gasteiger partial charge in [0.05, 0.1) is 26.4 Å². The van der Waals surface area contributed by atoms with Gasteiger partial charge in [-0.15, -0.1) is 10.2 Å². The van der Waals surface area contributed by atoms with Gasteiger partial charge < -0.3 is 14.2 Å². The Bertz CT molecular complexity index is 1150. The first-order valence-electron chi connectivity index (χ1n) is 8.03. The van der Waals surface area contributed by atoms with Crippen molar-refractivity contribution in [3.63, 3.8) is 0 Å². The summed E-state index contributed by atoms with van der Waals surface area (Å²) in [5, 5.41) is 14.9. The van der Waals surface area contributed by atoms with Gasteiger partial charge in [-0.05, 0) is 30.3 Å². The Hall–Kier alpha value is -2.55. The van der Waals surface area contributed by atoms with Gasteiger partial charge in [0.15, 0.2) is 17.3 Å². The Labute approximate surface area is 174 Å². The van der Waals surface area contributed by atoms with Crippen LogP contribution in [0.25, 0.3) is 26.9 Å². The first-order valence-corrected chi connectivity index (χ1v) is 9.61. The van der Waals surface area contributed by atoms with Crippen LogP contribution in [0.5, 0.6) is 17.2 Å². The van der Waals surface area contributed by atoms with Crippen LogP contribution < -0.4 is 14.2 Å². The first kappa shape index (κ1) is 18.8. The number of hydrogen-bond acceptors (Lipinski definition) is 7. The van der Waals surface area contributed by atoms with Crippen LogP contribution in [-0.4, -0.2) is 41.1 Å². The van der Waals surface area contributed by atoms with E-state index in [1.165, 1.54) is 11.3 Å². The quantitative estimate of drug-likeness (QED) is 0.445. The largest absolute Gasteiger partial charge is 0.493 e. The molecule has 0 saturated carbocycles. The summed E-state index contributed by atoms with van der Waals surface area (Å²) < 4.78 is 17.9. The SMILES string of the molecule is COc1cc(-c2nnc3sc(-c4ccc(Cl)cc4Cl)nn23)cc(OC)c1OC. The number of rotatable bonds is 5. The molecule has 0 aliphatic carbocycles. The molecule has 0 amide bonds. The second kappa shape index (κ2) is 7.46. The van der Waals surface area contributed by atoms with Crippen molar-refractivity contribution in [3.05, 3.63) is 40.4 Å². The summed E-state index contributed by atoms with van der Waals surface area (Å²) in [6.45, 7) is 0. The van der Waals surface area contributed by atoms with Crippen molar-refractivity contribution in [3.8, 4) is 39.2 Å². The highest BCUT2D eigenvalue weighted by Crippen LogP contribution is 2.41. The maximum atomic E-state index is 6.32. The van der Waals surface area contributed by atoms with Crippen LogP contribution in [0.1, 0.15) is 0 Å². The van der Waals surface area contributed by atoms with E-state index in [-0.39, 0.29) is 0 Å². The molecule has 2 heterocycles. The molecule has 0 aliphatic rings. The van der Waals surface area contributed by atoms with E-state index in [4.69, 9.17) is 37.4 Å². The van der Waals surface area contributed by atoms with E-state index >= 15 is 0 Å². The van der Waals surface area contributed by atoms with Crippen LogP contribution in [0.3, 0.4) is 0 Å². The van der Waals surface area contributed by atoms with Crippen molar-refractivity contribution in [1.29, 1.82) is 0 Å². The molecule has 144 valence electrons. The van der Waals surface area contributed by atoms with Gasteiger partial charge in [-0.2, -0.15) is 9.61 Å². The summed E-state index contributed by atoms with van der Waals surface area (Å²) in [6, 6.07) is 8.87. The monoisotopic (exact) mass is 436 g/mol. The normalized spacial score (nSPS) is 11.0.